The number of amides is 5. The van der Waals surface area contributed by atoms with E-state index in [1.54, 1.807) is 41.0 Å². The smallest absolute Gasteiger partial charge is 0.407 e. The first-order chi connectivity index (χ1) is 25.9. The first-order valence-corrected chi connectivity index (χ1v) is 18.4. The van der Waals surface area contributed by atoms with Crippen LogP contribution < -0.4 is 16.0 Å². The average Bonchev–Trinajstić information content (AvgIpc) is 3.81. The van der Waals surface area contributed by atoms with Crippen LogP contribution in [0.3, 0.4) is 0 Å². The summed E-state index contributed by atoms with van der Waals surface area (Å²) in [5, 5.41) is 8.65. The fourth-order valence-electron chi connectivity index (χ4n) is 7.51. The van der Waals surface area contributed by atoms with E-state index in [9.17, 15) is 24.0 Å². The maximum absolute atomic E-state index is 13.9. The minimum absolute atomic E-state index is 0.0564. The number of rotatable bonds is 10. The first kappa shape index (κ1) is 37.8. The lowest BCUT2D eigenvalue weighted by molar-refractivity contribution is -0.143. The fourth-order valence-corrected chi connectivity index (χ4v) is 7.51. The highest BCUT2D eigenvalue weighted by Gasteiger charge is 2.48. The van der Waals surface area contributed by atoms with E-state index in [0.717, 1.165) is 23.1 Å². The van der Waals surface area contributed by atoms with Gasteiger partial charge in [-0.3, -0.25) is 19.2 Å². The Labute approximate surface area is 316 Å². The molecule has 0 spiro atoms. The van der Waals surface area contributed by atoms with E-state index in [0.29, 0.717) is 49.3 Å². The highest BCUT2D eigenvalue weighted by Crippen LogP contribution is 2.35. The predicted molar refractivity (Wildman–Crippen MR) is 207 cm³/mol. The molecule has 4 atom stereocenters. The molecule has 0 saturated carbocycles. The van der Waals surface area contributed by atoms with Crippen molar-refractivity contribution in [2.24, 2.45) is 0 Å². The Kier molecular flexibility index (Phi) is 11.2. The molecule has 6 rings (SSSR count). The molecule has 2 saturated heterocycles. The number of hydrogen-bond acceptors (Lipinski definition) is 6. The molecule has 5 amide bonds. The molecule has 0 bridgehead atoms. The Hall–Kier alpha value is -5.97. The molecule has 3 N–H and O–H groups in total. The summed E-state index contributed by atoms with van der Waals surface area (Å²) in [5.41, 5.74) is 2.44. The topological polar surface area (TPSA) is 137 Å². The Bertz CT molecular complexity index is 1990. The van der Waals surface area contributed by atoms with Gasteiger partial charge in [-0.25, -0.2) is 4.79 Å². The van der Waals surface area contributed by atoms with Gasteiger partial charge in [0.1, 0.15) is 17.1 Å². The molecule has 11 nitrogen and oxygen atoms in total. The van der Waals surface area contributed by atoms with Crippen LogP contribution in [0.15, 0.2) is 109 Å². The highest BCUT2D eigenvalue weighted by atomic mass is 16.5. The second kappa shape index (κ2) is 16.0. The van der Waals surface area contributed by atoms with Crippen molar-refractivity contribution >= 4 is 41.1 Å². The average molecular weight is 730 g/mol. The van der Waals surface area contributed by atoms with Crippen LogP contribution in [-0.4, -0.2) is 70.8 Å². The molecule has 2 aliphatic heterocycles. The van der Waals surface area contributed by atoms with Crippen molar-refractivity contribution in [3.8, 4) is 11.1 Å². The molecule has 2 unspecified atom stereocenters. The summed E-state index contributed by atoms with van der Waals surface area (Å²) in [6.07, 6.45) is 1.70. The van der Waals surface area contributed by atoms with Crippen LogP contribution in [0.5, 0.6) is 0 Å². The Balaban J connectivity index is 1.09. The Morgan fingerprint density at radius 3 is 1.48 bits per heavy atom. The van der Waals surface area contributed by atoms with E-state index in [1.165, 1.54) is 7.11 Å². The fraction of sp³-hybridized carbons (Fsp3) is 0.326. The number of ether oxygens (including phenoxy) is 1. The van der Waals surface area contributed by atoms with E-state index in [2.05, 4.69) is 16.0 Å². The van der Waals surface area contributed by atoms with Gasteiger partial charge in [-0.15, -0.1) is 0 Å². The van der Waals surface area contributed by atoms with Crippen molar-refractivity contribution in [3.63, 3.8) is 0 Å². The third kappa shape index (κ3) is 7.71. The lowest BCUT2D eigenvalue weighted by Crippen LogP contribution is -2.56. The van der Waals surface area contributed by atoms with Gasteiger partial charge in [-0.2, -0.15) is 0 Å². The van der Waals surface area contributed by atoms with Crippen molar-refractivity contribution in [2.45, 2.75) is 69.5 Å². The summed E-state index contributed by atoms with van der Waals surface area (Å²) >= 11 is 0. The van der Waals surface area contributed by atoms with Crippen LogP contribution in [0, 0.1) is 0 Å². The largest absolute Gasteiger partial charge is 0.453 e. The van der Waals surface area contributed by atoms with Gasteiger partial charge in [0.05, 0.1) is 13.0 Å². The zero-order valence-electron chi connectivity index (χ0n) is 31.1. The van der Waals surface area contributed by atoms with Crippen LogP contribution in [0.25, 0.3) is 11.1 Å². The number of alkyl carbamates (subject to hydrolysis) is 1. The molecule has 4 aromatic rings. The third-order valence-corrected chi connectivity index (χ3v) is 10.9. The molecule has 2 aliphatic rings. The monoisotopic (exact) mass is 729 g/mol. The summed E-state index contributed by atoms with van der Waals surface area (Å²) < 4.78 is 4.78. The van der Waals surface area contributed by atoms with Gasteiger partial charge in [-0.1, -0.05) is 84.9 Å². The second-order valence-electron chi connectivity index (χ2n) is 14.4. The number of anilines is 2. The van der Waals surface area contributed by atoms with E-state index < -0.39 is 29.1 Å². The summed E-state index contributed by atoms with van der Waals surface area (Å²) in [6, 6.07) is 32.4. The molecular weight excluding hydrogens is 683 g/mol. The van der Waals surface area contributed by atoms with Gasteiger partial charge in [0.25, 0.3) is 5.91 Å². The number of carbonyl (C=O) groups excluding carboxylic acids is 5. The molecule has 11 heteroatoms. The maximum Gasteiger partial charge on any atom is 0.407 e. The molecule has 0 radical (unpaired) electrons. The van der Waals surface area contributed by atoms with Crippen molar-refractivity contribution in [2.75, 3.05) is 30.8 Å². The molecule has 4 aromatic carbocycles. The summed E-state index contributed by atoms with van der Waals surface area (Å²) in [4.78, 5) is 70.3. The van der Waals surface area contributed by atoms with Crippen LogP contribution in [0.2, 0.25) is 0 Å². The standard InChI is InChI=1S/C43H47N5O6/c1-29(30-13-7-5-8-14-30)37(49)47-27-11-25-42(47,2)39(51)44-34-21-17-31(18-22-34)32-19-23-35(24-20-32)45-40(52)43(3)26-12-28-48(43)38(50)36(46-41(53)54-4)33-15-9-6-10-16-33/h5-10,13-24,29,36H,11-12,25-28H2,1-4H3,(H,44,51)(H,45,52)(H,46,53)/t29-,36-,42?,43?/m1/s1. The van der Waals surface area contributed by atoms with Crippen LogP contribution >= 0.6 is 0 Å². The number of hydrogen-bond donors (Lipinski definition) is 3. The minimum Gasteiger partial charge on any atom is -0.453 e. The number of likely N-dealkylation sites (tertiary alicyclic amines) is 2. The number of methoxy groups -OCH3 is 1. The Morgan fingerprint density at radius 2 is 1.04 bits per heavy atom. The summed E-state index contributed by atoms with van der Waals surface area (Å²) in [6.45, 7) is 6.37. The van der Waals surface area contributed by atoms with E-state index in [1.807, 2.05) is 98.8 Å². The number of nitrogens with zero attached hydrogens (tertiary/aromatic N) is 2. The predicted octanol–water partition coefficient (Wildman–Crippen LogP) is 6.89. The quantitative estimate of drug-likeness (QED) is 0.163. The number of benzene rings is 4. The van der Waals surface area contributed by atoms with Gasteiger partial charge in [0.2, 0.25) is 17.7 Å². The summed E-state index contributed by atoms with van der Waals surface area (Å²) in [7, 11) is 1.24. The SMILES string of the molecule is COC(=O)N[C@@H](C(=O)N1CCCC1(C)C(=O)Nc1ccc(-c2ccc(NC(=O)C3(C)CCCN3C(=O)[C@H](C)c3ccccc3)cc2)cc1)c1ccccc1. The summed E-state index contributed by atoms with van der Waals surface area (Å²) in [5.74, 6) is -1.34. The van der Waals surface area contributed by atoms with Gasteiger partial charge < -0.3 is 30.5 Å². The zero-order valence-corrected chi connectivity index (χ0v) is 31.1. The lowest BCUT2D eigenvalue weighted by atomic mass is 9.94. The van der Waals surface area contributed by atoms with Gasteiger partial charge in [-0.05, 0) is 93.0 Å². The van der Waals surface area contributed by atoms with Crippen LogP contribution in [0.1, 0.15) is 69.5 Å². The first-order valence-electron chi connectivity index (χ1n) is 18.4. The Morgan fingerprint density at radius 1 is 0.611 bits per heavy atom. The molecular formula is C43H47N5O6. The molecule has 2 heterocycles. The molecule has 2 fully saturated rings. The maximum atomic E-state index is 13.9. The number of carbonyl (C=O) groups is 5. The molecule has 54 heavy (non-hydrogen) atoms. The highest BCUT2D eigenvalue weighted by molar-refractivity contribution is 6.03. The van der Waals surface area contributed by atoms with Crippen molar-refractivity contribution in [1.29, 1.82) is 0 Å². The van der Waals surface area contributed by atoms with Crippen LogP contribution in [-0.2, 0) is 23.9 Å². The van der Waals surface area contributed by atoms with E-state index in [-0.39, 0.29) is 23.6 Å². The van der Waals surface area contributed by atoms with Crippen LogP contribution in [0.4, 0.5) is 16.2 Å². The normalized spacial score (nSPS) is 20.4. The van der Waals surface area contributed by atoms with Gasteiger partial charge in [0.15, 0.2) is 0 Å². The molecule has 280 valence electrons. The van der Waals surface area contributed by atoms with Crippen molar-refractivity contribution in [3.05, 3.63) is 120 Å². The lowest BCUT2D eigenvalue weighted by Gasteiger charge is -2.36. The van der Waals surface area contributed by atoms with Crippen molar-refractivity contribution < 1.29 is 28.7 Å². The minimum atomic E-state index is -1.14. The van der Waals surface area contributed by atoms with Crippen molar-refractivity contribution in [1.82, 2.24) is 15.1 Å². The second-order valence-corrected chi connectivity index (χ2v) is 14.4. The van der Waals surface area contributed by atoms with E-state index in [4.69, 9.17) is 4.74 Å². The molecule has 0 aromatic heterocycles. The van der Waals surface area contributed by atoms with E-state index >= 15 is 0 Å². The van der Waals surface area contributed by atoms with Gasteiger partial charge in [0, 0.05) is 24.5 Å². The zero-order chi connectivity index (χ0) is 38.5. The third-order valence-electron chi connectivity index (χ3n) is 10.9. The molecule has 0 aliphatic carbocycles. The number of nitrogens with one attached hydrogen (secondary N) is 3. The van der Waals surface area contributed by atoms with Gasteiger partial charge >= 0.3 is 6.09 Å².